The van der Waals surface area contributed by atoms with Gasteiger partial charge in [-0.05, 0) is 48.6 Å². The average molecular weight is 507 g/mol. The highest BCUT2D eigenvalue weighted by Gasteiger charge is 2.59. The fraction of sp³-hybridized carbons (Fsp3) is 0.483. The number of likely N-dealkylation sites (tertiary alicyclic amines) is 2. The first-order valence-corrected chi connectivity index (χ1v) is 13.0. The molecule has 1 atom stereocenters. The van der Waals surface area contributed by atoms with Crippen molar-refractivity contribution >= 4 is 5.91 Å². The molecule has 0 saturated carbocycles. The second kappa shape index (κ2) is 9.65. The standard InChI is InChI=1S/C29H35FN4O3/c1-19(2)21-8-10-24(11-9-21)29(36,28(30)17-33(4)18-28)25-7-5-6-23(16-25)26-31-27(37-32-26)22-12-14-34(15-13-22)20(3)35/h5-11,16,19,22,36H,12-15,17-18H2,1-4H3/t29-/m0/s1. The molecule has 8 heteroatoms. The smallest absolute Gasteiger partial charge is 0.230 e. The summed E-state index contributed by atoms with van der Waals surface area (Å²) in [6.07, 6.45) is 1.54. The minimum Gasteiger partial charge on any atom is -0.377 e. The molecule has 2 fully saturated rings. The number of amides is 1. The van der Waals surface area contributed by atoms with Crippen LogP contribution in [-0.2, 0) is 10.4 Å². The summed E-state index contributed by atoms with van der Waals surface area (Å²) in [6, 6.07) is 14.8. The highest BCUT2D eigenvalue weighted by molar-refractivity contribution is 5.73. The molecule has 0 radical (unpaired) electrons. The number of benzene rings is 2. The van der Waals surface area contributed by atoms with Crippen molar-refractivity contribution in [1.82, 2.24) is 19.9 Å². The van der Waals surface area contributed by atoms with Crippen LogP contribution in [0.2, 0.25) is 0 Å². The second-order valence-corrected chi connectivity index (χ2v) is 10.9. The summed E-state index contributed by atoms with van der Waals surface area (Å²) in [7, 11) is 1.85. The van der Waals surface area contributed by atoms with Crippen LogP contribution in [0.1, 0.15) is 68.0 Å². The molecule has 1 aromatic heterocycles. The van der Waals surface area contributed by atoms with E-state index in [2.05, 4.69) is 24.0 Å². The van der Waals surface area contributed by atoms with Crippen molar-refractivity contribution in [3.8, 4) is 11.4 Å². The largest absolute Gasteiger partial charge is 0.377 e. The zero-order valence-corrected chi connectivity index (χ0v) is 21.9. The molecule has 2 aliphatic heterocycles. The van der Waals surface area contributed by atoms with E-state index in [4.69, 9.17) is 4.52 Å². The molecular weight excluding hydrogens is 471 g/mol. The molecular formula is C29H35FN4O3. The van der Waals surface area contributed by atoms with E-state index in [0.717, 1.165) is 18.4 Å². The van der Waals surface area contributed by atoms with Gasteiger partial charge in [-0.15, -0.1) is 0 Å². The van der Waals surface area contributed by atoms with Crippen LogP contribution in [0.3, 0.4) is 0 Å². The number of carbonyl (C=O) groups is 1. The molecule has 0 aliphatic carbocycles. The van der Waals surface area contributed by atoms with Crippen molar-refractivity contribution in [2.75, 3.05) is 33.2 Å². The topological polar surface area (TPSA) is 82.7 Å². The van der Waals surface area contributed by atoms with E-state index in [1.807, 2.05) is 47.2 Å². The van der Waals surface area contributed by atoms with Gasteiger partial charge in [-0.2, -0.15) is 4.98 Å². The summed E-state index contributed by atoms with van der Waals surface area (Å²) in [4.78, 5) is 20.0. The number of piperidine rings is 1. The van der Waals surface area contributed by atoms with E-state index in [-0.39, 0.29) is 24.9 Å². The molecule has 5 rings (SSSR count). The Hall–Kier alpha value is -3.10. The molecule has 1 amide bonds. The van der Waals surface area contributed by atoms with Gasteiger partial charge < -0.3 is 14.5 Å². The van der Waals surface area contributed by atoms with Gasteiger partial charge in [-0.3, -0.25) is 9.69 Å². The molecule has 1 N–H and O–H groups in total. The first kappa shape index (κ1) is 25.5. The van der Waals surface area contributed by atoms with Crippen LogP contribution in [0.4, 0.5) is 4.39 Å². The number of alkyl halides is 1. The second-order valence-electron chi connectivity index (χ2n) is 10.9. The van der Waals surface area contributed by atoms with E-state index >= 15 is 4.39 Å². The predicted molar refractivity (Wildman–Crippen MR) is 139 cm³/mol. The van der Waals surface area contributed by atoms with Gasteiger partial charge >= 0.3 is 0 Å². The Morgan fingerprint density at radius 1 is 1.14 bits per heavy atom. The summed E-state index contributed by atoms with van der Waals surface area (Å²) in [5.41, 5.74) is -0.909. The molecule has 7 nitrogen and oxygen atoms in total. The molecule has 196 valence electrons. The van der Waals surface area contributed by atoms with E-state index < -0.39 is 11.3 Å². The normalized spacial score (nSPS) is 20.0. The molecule has 0 bridgehead atoms. The summed E-state index contributed by atoms with van der Waals surface area (Å²) >= 11 is 0. The molecule has 0 unspecified atom stereocenters. The van der Waals surface area contributed by atoms with Crippen molar-refractivity contribution in [2.45, 2.75) is 56.7 Å². The van der Waals surface area contributed by atoms with Gasteiger partial charge in [-0.25, -0.2) is 4.39 Å². The number of hydrogen-bond acceptors (Lipinski definition) is 6. The van der Waals surface area contributed by atoms with Crippen molar-refractivity contribution in [3.63, 3.8) is 0 Å². The van der Waals surface area contributed by atoms with Crippen LogP contribution < -0.4 is 0 Å². The van der Waals surface area contributed by atoms with E-state index in [0.29, 0.717) is 47.4 Å². The quantitative estimate of drug-likeness (QED) is 0.531. The van der Waals surface area contributed by atoms with Gasteiger partial charge in [0, 0.05) is 44.6 Å². The monoisotopic (exact) mass is 506 g/mol. The molecule has 2 saturated heterocycles. The zero-order valence-electron chi connectivity index (χ0n) is 21.9. The number of halogens is 1. The Balaban J connectivity index is 1.46. The number of aliphatic hydroxyl groups is 1. The molecule has 2 aromatic carbocycles. The summed E-state index contributed by atoms with van der Waals surface area (Å²) < 4.78 is 21.9. The lowest BCUT2D eigenvalue weighted by Crippen LogP contribution is -2.68. The average Bonchev–Trinajstić information content (AvgIpc) is 3.38. The van der Waals surface area contributed by atoms with Gasteiger partial charge in [0.2, 0.25) is 17.6 Å². The fourth-order valence-electron chi connectivity index (χ4n) is 5.67. The Morgan fingerprint density at radius 3 is 2.41 bits per heavy atom. The maximum Gasteiger partial charge on any atom is 0.230 e. The third kappa shape index (κ3) is 4.57. The van der Waals surface area contributed by atoms with Gasteiger partial charge in [0.25, 0.3) is 0 Å². The van der Waals surface area contributed by atoms with Crippen molar-refractivity contribution < 1.29 is 18.8 Å². The number of rotatable bonds is 6. The molecule has 2 aliphatic rings. The van der Waals surface area contributed by atoms with Crippen molar-refractivity contribution in [2.24, 2.45) is 0 Å². The number of carbonyl (C=O) groups excluding carboxylic acids is 1. The Labute approximate surface area is 217 Å². The molecule has 3 aromatic rings. The van der Waals surface area contributed by atoms with Gasteiger partial charge in [0.05, 0.1) is 0 Å². The lowest BCUT2D eigenvalue weighted by molar-refractivity contribution is -0.153. The summed E-state index contributed by atoms with van der Waals surface area (Å²) in [5, 5.41) is 16.3. The fourth-order valence-corrected chi connectivity index (χ4v) is 5.67. The molecule has 37 heavy (non-hydrogen) atoms. The number of hydrogen-bond donors (Lipinski definition) is 1. The Bertz CT molecular complexity index is 1260. The first-order valence-electron chi connectivity index (χ1n) is 13.0. The number of nitrogens with zero attached hydrogens (tertiary/aromatic N) is 4. The minimum atomic E-state index is -1.84. The van der Waals surface area contributed by atoms with Crippen LogP contribution >= 0.6 is 0 Å². The molecule has 0 spiro atoms. The van der Waals surface area contributed by atoms with Crippen LogP contribution in [0.25, 0.3) is 11.4 Å². The van der Waals surface area contributed by atoms with Gasteiger partial charge in [0.15, 0.2) is 11.3 Å². The van der Waals surface area contributed by atoms with E-state index in [9.17, 15) is 9.90 Å². The third-order valence-electron chi connectivity index (χ3n) is 7.95. The third-order valence-corrected chi connectivity index (χ3v) is 7.95. The summed E-state index contributed by atoms with van der Waals surface area (Å²) in [6.45, 7) is 7.39. The highest BCUT2D eigenvalue weighted by atomic mass is 19.1. The Morgan fingerprint density at radius 2 is 1.81 bits per heavy atom. The van der Waals surface area contributed by atoms with Crippen molar-refractivity contribution in [1.29, 1.82) is 0 Å². The lowest BCUT2D eigenvalue weighted by Gasteiger charge is -2.52. The van der Waals surface area contributed by atoms with Crippen LogP contribution in [0.15, 0.2) is 53.1 Å². The SMILES string of the molecule is CC(=O)N1CCC(c2nc(-c3cccc([C@@](O)(c4ccc(C(C)C)cc4)C4(F)CN(C)C4)c3)no2)CC1. The highest BCUT2D eigenvalue weighted by Crippen LogP contribution is 2.47. The van der Waals surface area contributed by atoms with Gasteiger partial charge in [-0.1, -0.05) is 61.5 Å². The van der Waals surface area contributed by atoms with Crippen LogP contribution in [0, 0.1) is 0 Å². The van der Waals surface area contributed by atoms with Crippen molar-refractivity contribution in [3.05, 3.63) is 71.1 Å². The maximum absolute atomic E-state index is 16.3. The van der Waals surface area contributed by atoms with Crippen LogP contribution in [-0.4, -0.2) is 69.8 Å². The van der Waals surface area contributed by atoms with E-state index in [1.165, 1.54) is 0 Å². The lowest BCUT2D eigenvalue weighted by atomic mass is 9.70. The minimum absolute atomic E-state index is 0.0797. The Kier molecular flexibility index (Phi) is 6.66. The maximum atomic E-state index is 16.3. The van der Waals surface area contributed by atoms with Crippen LogP contribution in [0.5, 0.6) is 0 Å². The zero-order chi connectivity index (χ0) is 26.4. The predicted octanol–water partition coefficient (Wildman–Crippen LogP) is 4.48. The number of aromatic nitrogens is 2. The first-order chi connectivity index (χ1) is 17.6. The van der Waals surface area contributed by atoms with E-state index in [1.54, 1.807) is 25.1 Å². The van der Waals surface area contributed by atoms with Gasteiger partial charge in [0.1, 0.15) is 0 Å². The summed E-state index contributed by atoms with van der Waals surface area (Å²) in [5.74, 6) is 1.46. The molecule has 3 heterocycles.